The van der Waals surface area contributed by atoms with Gasteiger partial charge in [-0.05, 0) is 71.4 Å². The third-order valence-corrected chi connectivity index (χ3v) is 4.05. The average molecular weight is 327 g/mol. The lowest BCUT2D eigenvalue weighted by atomic mass is 10.1. The van der Waals surface area contributed by atoms with Crippen LogP contribution in [0.1, 0.15) is 32.8 Å². The first-order chi connectivity index (χ1) is 8.99. The second-order valence-corrected chi connectivity index (χ2v) is 6.53. The van der Waals surface area contributed by atoms with Gasteiger partial charge in [0.05, 0.1) is 0 Å². The average Bonchev–Trinajstić information content (AvgIpc) is 2.37. The van der Waals surface area contributed by atoms with Crippen LogP contribution >= 0.6 is 15.9 Å². The van der Waals surface area contributed by atoms with Crippen LogP contribution in [0, 0.1) is 0 Å². The molecule has 0 heterocycles. The minimum absolute atomic E-state index is 0.533. The summed E-state index contributed by atoms with van der Waals surface area (Å²) in [6.45, 7) is 8.99. The van der Waals surface area contributed by atoms with Crippen molar-refractivity contribution < 1.29 is 0 Å². The Morgan fingerprint density at radius 2 is 1.79 bits per heavy atom. The van der Waals surface area contributed by atoms with Gasteiger partial charge in [0.1, 0.15) is 0 Å². The fourth-order valence-corrected chi connectivity index (χ4v) is 2.25. The first-order valence-corrected chi connectivity index (χ1v) is 7.96. The molecule has 0 amide bonds. The molecule has 0 aliphatic heterocycles. The molecule has 108 valence electrons. The molecule has 0 aliphatic carbocycles. The fraction of sp³-hybridized carbons (Fsp3) is 0.625. The predicted octanol–water partition coefficient (Wildman–Crippen LogP) is 3.70. The van der Waals surface area contributed by atoms with E-state index in [0.717, 1.165) is 24.0 Å². The van der Waals surface area contributed by atoms with E-state index in [1.807, 2.05) is 0 Å². The van der Waals surface area contributed by atoms with Crippen LogP contribution in [0.25, 0.3) is 0 Å². The molecule has 0 radical (unpaired) electrons. The van der Waals surface area contributed by atoms with Gasteiger partial charge in [-0.2, -0.15) is 0 Å². The summed E-state index contributed by atoms with van der Waals surface area (Å²) in [4.78, 5) is 2.39. The Morgan fingerprint density at radius 3 is 2.37 bits per heavy atom. The molecule has 1 aromatic rings. The van der Waals surface area contributed by atoms with E-state index >= 15 is 0 Å². The number of benzene rings is 1. The molecule has 0 bridgehead atoms. The molecule has 0 fully saturated rings. The number of rotatable bonds is 8. The zero-order chi connectivity index (χ0) is 14.3. The summed E-state index contributed by atoms with van der Waals surface area (Å²) in [5.41, 5.74) is 1.39. The third kappa shape index (κ3) is 7.09. The van der Waals surface area contributed by atoms with E-state index in [-0.39, 0.29) is 0 Å². The van der Waals surface area contributed by atoms with Crippen molar-refractivity contribution in [2.45, 2.75) is 45.7 Å². The lowest BCUT2D eigenvalue weighted by molar-refractivity contribution is 0.268. The van der Waals surface area contributed by atoms with E-state index in [1.165, 1.54) is 12.0 Å². The first kappa shape index (κ1) is 16.7. The first-order valence-electron chi connectivity index (χ1n) is 7.17. The van der Waals surface area contributed by atoms with E-state index in [1.54, 1.807) is 0 Å². The Balaban J connectivity index is 2.17. The van der Waals surface area contributed by atoms with Crippen molar-refractivity contribution in [3.05, 3.63) is 34.3 Å². The largest absolute Gasteiger partial charge is 0.314 e. The third-order valence-electron chi connectivity index (χ3n) is 3.52. The Bertz CT molecular complexity index is 348. The second kappa shape index (κ2) is 8.72. The zero-order valence-corrected chi connectivity index (χ0v) is 14.2. The second-order valence-electron chi connectivity index (χ2n) is 5.61. The molecule has 1 atom stereocenters. The molecule has 0 spiro atoms. The van der Waals surface area contributed by atoms with Crippen LogP contribution in [0.15, 0.2) is 28.7 Å². The van der Waals surface area contributed by atoms with Crippen LogP contribution in [0.4, 0.5) is 0 Å². The maximum absolute atomic E-state index is 3.60. The van der Waals surface area contributed by atoms with Gasteiger partial charge in [0.2, 0.25) is 0 Å². The predicted molar refractivity (Wildman–Crippen MR) is 87.7 cm³/mol. The maximum Gasteiger partial charge on any atom is 0.0175 e. The fourth-order valence-electron chi connectivity index (χ4n) is 1.98. The van der Waals surface area contributed by atoms with Gasteiger partial charge < -0.3 is 10.2 Å². The van der Waals surface area contributed by atoms with E-state index in [2.05, 4.69) is 78.2 Å². The maximum atomic E-state index is 3.60. The minimum Gasteiger partial charge on any atom is -0.314 e. The highest BCUT2D eigenvalue weighted by atomic mass is 79.9. The van der Waals surface area contributed by atoms with Crippen LogP contribution in [-0.4, -0.2) is 37.1 Å². The van der Waals surface area contributed by atoms with Crippen molar-refractivity contribution in [3.8, 4) is 0 Å². The summed E-state index contributed by atoms with van der Waals surface area (Å²) in [5, 5.41) is 3.60. The molecule has 1 rings (SSSR count). The highest BCUT2D eigenvalue weighted by Crippen LogP contribution is 2.11. The lowest BCUT2D eigenvalue weighted by Crippen LogP contribution is -2.33. The smallest absolute Gasteiger partial charge is 0.0175 e. The summed E-state index contributed by atoms with van der Waals surface area (Å²) in [5.74, 6) is 0. The molecular formula is C16H27BrN2. The van der Waals surface area contributed by atoms with Crippen LogP contribution in [0.5, 0.6) is 0 Å². The minimum atomic E-state index is 0.533. The number of nitrogens with one attached hydrogen (secondary N) is 1. The Kier molecular flexibility index (Phi) is 7.66. The summed E-state index contributed by atoms with van der Waals surface area (Å²) in [6, 6.07) is 9.77. The Labute approximate surface area is 126 Å². The van der Waals surface area contributed by atoms with Gasteiger partial charge in [-0.25, -0.2) is 0 Å². The number of nitrogens with zero attached hydrogens (tertiary/aromatic N) is 1. The van der Waals surface area contributed by atoms with E-state index in [0.29, 0.717) is 12.1 Å². The van der Waals surface area contributed by atoms with Gasteiger partial charge in [-0.15, -0.1) is 0 Å². The molecule has 0 saturated heterocycles. The van der Waals surface area contributed by atoms with Gasteiger partial charge in [-0.3, -0.25) is 0 Å². The number of halogens is 1. The summed E-state index contributed by atoms with van der Waals surface area (Å²) < 4.78 is 1.15. The highest BCUT2D eigenvalue weighted by molar-refractivity contribution is 9.10. The zero-order valence-electron chi connectivity index (χ0n) is 12.6. The highest BCUT2D eigenvalue weighted by Gasteiger charge is 2.05. The summed E-state index contributed by atoms with van der Waals surface area (Å²) in [6.07, 6.45) is 2.30. The molecule has 2 nitrogen and oxygen atoms in total. The normalized spacial score (nSPS) is 13.2. The quantitative estimate of drug-likeness (QED) is 0.733. The van der Waals surface area contributed by atoms with Crippen molar-refractivity contribution in [2.24, 2.45) is 0 Å². The van der Waals surface area contributed by atoms with Crippen molar-refractivity contribution in [1.29, 1.82) is 0 Å². The molecule has 0 aliphatic rings. The van der Waals surface area contributed by atoms with Crippen molar-refractivity contribution in [3.63, 3.8) is 0 Å². The van der Waals surface area contributed by atoms with E-state index in [9.17, 15) is 0 Å². The standard InChI is InChI=1S/C16H27BrN2/c1-13(2)19(4)11-5-10-18-14(3)12-15-6-8-16(17)9-7-15/h6-9,13-14,18H,5,10-12H2,1-4H3. The molecule has 0 saturated carbocycles. The van der Waals surface area contributed by atoms with E-state index < -0.39 is 0 Å². The number of hydrogen-bond acceptors (Lipinski definition) is 2. The Morgan fingerprint density at radius 1 is 1.16 bits per heavy atom. The number of hydrogen-bond donors (Lipinski definition) is 1. The molecule has 0 aromatic heterocycles. The van der Waals surface area contributed by atoms with Crippen LogP contribution in [-0.2, 0) is 6.42 Å². The SMILES string of the molecule is CC(Cc1ccc(Br)cc1)NCCCN(C)C(C)C. The lowest BCUT2D eigenvalue weighted by Gasteiger charge is -2.21. The van der Waals surface area contributed by atoms with Gasteiger partial charge in [0, 0.05) is 16.6 Å². The van der Waals surface area contributed by atoms with Gasteiger partial charge >= 0.3 is 0 Å². The van der Waals surface area contributed by atoms with Crippen LogP contribution < -0.4 is 5.32 Å². The molecule has 19 heavy (non-hydrogen) atoms. The van der Waals surface area contributed by atoms with Gasteiger partial charge in [0.25, 0.3) is 0 Å². The van der Waals surface area contributed by atoms with Crippen LogP contribution in [0.3, 0.4) is 0 Å². The topological polar surface area (TPSA) is 15.3 Å². The molecule has 1 unspecified atom stereocenters. The molecule has 1 N–H and O–H groups in total. The molecular weight excluding hydrogens is 300 g/mol. The molecule has 1 aromatic carbocycles. The van der Waals surface area contributed by atoms with Crippen molar-refractivity contribution >= 4 is 15.9 Å². The monoisotopic (exact) mass is 326 g/mol. The van der Waals surface area contributed by atoms with Crippen molar-refractivity contribution in [2.75, 3.05) is 20.1 Å². The van der Waals surface area contributed by atoms with E-state index in [4.69, 9.17) is 0 Å². The summed E-state index contributed by atoms with van der Waals surface area (Å²) in [7, 11) is 2.19. The summed E-state index contributed by atoms with van der Waals surface area (Å²) >= 11 is 3.47. The van der Waals surface area contributed by atoms with Gasteiger partial charge in [0.15, 0.2) is 0 Å². The van der Waals surface area contributed by atoms with Gasteiger partial charge in [-0.1, -0.05) is 28.1 Å². The Hall–Kier alpha value is -0.380. The molecule has 3 heteroatoms. The van der Waals surface area contributed by atoms with Crippen LogP contribution in [0.2, 0.25) is 0 Å². The van der Waals surface area contributed by atoms with Crippen molar-refractivity contribution in [1.82, 2.24) is 10.2 Å².